The number of nitrogen functional groups attached to an aromatic ring is 1. The van der Waals surface area contributed by atoms with Crippen molar-refractivity contribution in [1.82, 2.24) is 9.47 Å². The van der Waals surface area contributed by atoms with E-state index >= 15 is 0 Å². The van der Waals surface area contributed by atoms with Gasteiger partial charge in [-0.1, -0.05) is 0 Å². The minimum Gasteiger partial charge on any atom is -0.398 e. The van der Waals surface area contributed by atoms with Crippen molar-refractivity contribution in [2.75, 3.05) is 32.5 Å². The van der Waals surface area contributed by atoms with E-state index in [0.29, 0.717) is 18.3 Å². The molecule has 0 radical (unpaired) electrons. The van der Waals surface area contributed by atoms with Gasteiger partial charge in [0.15, 0.2) is 0 Å². The maximum Gasteiger partial charge on any atom is 0.250 e. The van der Waals surface area contributed by atoms with Gasteiger partial charge in [0, 0.05) is 51.2 Å². The molecule has 1 aliphatic heterocycles. The van der Waals surface area contributed by atoms with E-state index < -0.39 is 0 Å². The van der Waals surface area contributed by atoms with Crippen LogP contribution in [0.2, 0.25) is 0 Å². The smallest absolute Gasteiger partial charge is 0.250 e. The maximum absolute atomic E-state index is 11.6. The van der Waals surface area contributed by atoms with E-state index in [0.717, 1.165) is 32.5 Å². The molecule has 1 aromatic heterocycles. The zero-order chi connectivity index (χ0) is 13.0. The van der Waals surface area contributed by atoms with E-state index in [9.17, 15) is 4.79 Å². The summed E-state index contributed by atoms with van der Waals surface area (Å²) in [5.41, 5.74) is 6.32. The first kappa shape index (κ1) is 13.1. The first-order valence-corrected chi connectivity index (χ1v) is 6.40. The van der Waals surface area contributed by atoms with Crippen molar-refractivity contribution >= 4 is 5.69 Å². The van der Waals surface area contributed by atoms with Gasteiger partial charge in [-0.05, 0) is 18.9 Å². The Morgan fingerprint density at radius 2 is 2.06 bits per heavy atom. The summed E-state index contributed by atoms with van der Waals surface area (Å²) in [5.74, 6) is 0. The van der Waals surface area contributed by atoms with Crippen LogP contribution in [0.3, 0.4) is 0 Å². The number of piperidine rings is 1. The van der Waals surface area contributed by atoms with Crippen molar-refractivity contribution in [2.24, 2.45) is 0 Å². The fraction of sp³-hybridized carbons (Fsp3) is 0.615. The Morgan fingerprint density at radius 3 is 2.72 bits per heavy atom. The van der Waals surface area contributed by atoms with Crippen molar-refractivity contribution in [3.8, 4) is 0 Å². The summed E-state index contributed by atoms with van der Waals surface area (Å²) in [6.45, 7) is 3.66. The molecule has 2 rings (SSSR count). The molecule has 100 valence electrons. The number of hydrogen-bond acceptors (Lipinski definition) is 4. The number of anilines is 1. The van der Waals surface area contributed by atoms with Crippen LogP contribution in [0.4, 0.5) is 5.69 Å². The number of ether oxygens (including phenoxy) is 1. The van der Waals surface area contributed by atoms with Gasteiger partial charge in [0.1, 0.15) is 0 Å². The molecule has 1 saturated heterocycles. The Hall–Kier alpha value is -1.33. The Kier molecular flexibility index (Phi) is 4.38. The quantitative estimate of drug-likeness (QED) is 0.848. The van der Waals surface area contributed by atoms with Gasteiger partial charge in [0.2, 0.25) is 0 Å². The molecule has 0 unspecified atom stereocenters. The number of nitrogens with zero attached hydrogens (tertiary/aromatic N) is 2. The normalized spacial score (nSPS) is 18.1. The Labute approximate surface area is 107 Å². The third kappa shape index (κ3) is 3.34. The number of pyridine rings is 1. The fourth-order valence-corrected chi connectivity index (χ4v) is 2.34. The first-order valence-electron chi connectivity index (χ1n) is 6.40. The van der Waals surface area contributed by atoms with Crippen LogP contribution in [0.5, 0.6) is 0 Å². The molecular formula is C13H21N3O2. The van der Waals surface area contributed by atoms with Crippen LogP contribution in [0.25, 0.3) is 0 Å². The van der Waals surface area contributed by atoms with Crippen LogP contribution >= 0.6 is 0 Å². The number of hydrogen-bond donors (Lipinski definition) is 1. The van der Waals surface area contributed by atoms with E-state index in [-0.39, 0.29) is 5.56 Å². The monoisotopic (exact) mass is 251 g/mol. The lowest BCUT2D eigenvalue weighted by atomic mass is 10.1. The fourth-order valence-electron chi connectivity index (χ4n) is 2.34. The molecule has 1 aromatic rings. The van der Waals surface area contributed by atoms with Crippen molar-refractivity contribution in [3.05, 3.63) is 28.7 Å². The van der Waals surface area contributed by atoms with Crippen LogP contribution in [0.1, 0.15) is 12.8 Å². The summed E-state index contributed by atoms with van der Waals surface area (Å²) in [6, 6.07) is 3.16. The largest absolute Gasteiger partial charge is 0.398 e. The molecule has 0 amide bonds. The van der Waals surface area contributed by atoms with Gasteiger partial charge in [-0.2, -0.15) is 0 Å². The van der Waals surface area contributed by atoms with Gasteiger partial charge in [0.05, 0.1) is 6.10 Å². The molecule has 0 saturated carbocycles. The van der Waals surface area contributed by atoms with Crippen LogP contribution < -0.4 is 11.3 Å². The molecule has 2 N–H and O–H groups in total. The molecule has 5 heteroatoms. The third-order valence-corrected chi connectivity index (χ3v) is 3.53. The van der Waals surface area contributed by atoms with Gasteiger partial charge in [-0.3, -0.25) is 4.79 Å². The Morgan fingerprint density at radius 1 is 1.33 bits per heavy atom. The molecule has 0 spiro atoms. The van der Waals surface area contributed by atoms with Gasteiger partial charge < -0.3 is 19.9 Å². The number of nitrogens with two attached hydrogens (primary N) is 1. The minimum atomic E-state index is 0.0102. The molecule has 1 fully saturated rings. The standard InChI is InChI=1S/C13H21N3O2/c1-18-12-4-6-15(7-5-12)8-9-16-10-11(14)2-3-13(16)17/h2-3,10,12H,4-9,14H2,1H3. The van der Waals surface area contributed by atoms with E-state index in [1.165, 1.54) is 6.07 Å². The lowest BCUT2D eigenvalue weighted by molar-refractivity contribution is 0.0401. The highest BCUT2D eigenvalue weighted by Gasteiger charge is 2.18. The van der Waals surface area contributed by atoms with Crippen molar-refractivity contribution in [2.45, 2.75) is 25.5 Å². The number of methoxy groups -OCH3 is 1. The zero-order valence-corrected chi connectivity index (χ0v) is 10.8. The summed E-state index contributed by atoms with van der Waals surface area (Å²) in [4.78, 5) is 14.0. The summed E-state index contributed by atoms with van der Waals surface area (Å²) in [7, 11) is 1.77. The second-order valence-corrected chi connectivity index (χ2v) is 4.77. The lowest BCUT2D eigenvalue weighted by Gasteiger charge is -2.31. The lowest BCUT2D eigenvalue weighted by Crippen LogP contribution is -2.39. The summed E-state index contributed by atoms with van der Waals surface area (Å²) >= 11 is 0. The van der Waals surface area contributed by atoms with E-state index in [1.807, 2.05) is 0 Å². The second-order valence-electron chi connectivity index (χ2n) is 4.77. The molecule has 1 aliphatic rings. The molecule has 0 bridgehead atoms. The molecule has 0 aliphatic carbocycles. The topological polar surface area (TPSA) is 60.5 Å². The van der Waals surface area contributed by atoms with E-state index in [1.54, 1.807) is 23.9 Å². The van der Waals surface area contributed by atoms with Crippen molar-refractivity contribution in [3.63, 3.8) is 0 Å². The van der Waals surface area contributed by atoms with E-state index in [2.05, 4.69) is 4.90 Å². The summed E-state index contributed by atoms with van der Waals surface area (Å²) < 4.78 is 7.02. The first-order chi connectivity index (χ1) is 8.69. The average Bonchev–Trinajstić information content (AvgIpc) is 2.40. The Balaban J connectivity index is 1.85. The minimum absolute atomic E-state index is 0.0102. The molecular weight excluding hydrogens is 230 g/mol. The third-order valence-electron chi connectivity index (χ3n) is 3.53. The van der Waals surface area contributed by atoms with E-state index in [4.69, 9.17) is 10.5 Å². The molecule has 0 atom stereocenters. The molecule has 0 aromatic carbocycles. The molecule has 2 heterocycles. The predicted molar refractivity (Wildman–Crippen MR) is 71.6 cm³/mol. The predicted octanol–water partition coefficient (Wildman–Crippen LogP) is 0.541. The van der Waals surface area contributed by atoms with Gasteiger partial charge >= 0.3 is 0 Å². The highest BCUT2D eigenvalue weighted by Crippen LogP contribution is 2.12. The van der Waals surface area contributed by atoms with Crippen molar-refractivity contribution < 1.29 is 4.74 Å². The summed E-state index contributed by atoms with van der Waals surface area (Å²) in [5, 5.41) is 0. The van der Waals surface area contributed by atoms with Gasteiger partial charge in [-0.25, -0.2) is 0 Å². The number of aromatic nitrogens is 1. The second kappa shape index (κ2) is 6.02. The van der Waals surface area contributed by atoms with Gasteiger partial charge in [-0.15, -0.1) is 0 Å². The SMILES string of the molecule is COC1CCN(CCn2cc(N)ccc2=O)CC1. The van der Waals surface area contributed by atoms with Crippen LogP contribution in [0.15, 0.2) is 23.1 Å². The summed E-state index contributed by atoms with van der Waals surface area (Å²) in [6.07, 6.45) is 4.26. The molecule has 5 nitrogen and oxygen atoms in total. The molecule has 18 heavy (non-hydrogen) atoms. The maximum atomic E-state index is 11.6. The zero-order valence-electron chi connectivity index (χ0n) is 10.8. The van der Waals surface area contributed by atoms with Crippen molar-refractivity contribution in [1.29, 1.82) is 0 Å². The Bertz CT molecular complexity index is 436. The van der Waals surface area contributed by atoms with Gasteiger partial charge in [0.25, 0.3) is 5.56 Å². The number of rotatable bonds is 4. The van der Waals surface area contributed by atoms with Crippen LogP contribution in [0, 0.1) is 0 Å². The van der Waals surface area contributed by atoms with Crippen LogP contribution in [-0.4, -0.2) is 42.3 Å². The highest BCUT2D eigenvalue weighted by molar-refractivity contribution is 5.33. The number of likely N-dealkylation sites (tertiary alicyclic amines) is 1. The highest BCUT2D eigenvalue weighted by atomic mass is 16.5. The van der Waals surface area contributed by atoms with Crippen LogP contribution in [-0.2, 0) is 11.3 Å². The average molecular weight is 251 g/mol.